The molecule has 1 heterocycles. The van der Waals surface area contributed by atoms with E-state index in [1.54, 1.807) is 4.90 Å². The fraction of sp³-hybridized carbons (Fsp3) is 0.833. The number of nitrogens with zero attached hydrogens (tertiary/aromatic N) is 1. The highest BCUT2D eigenvalue weighted by Gasteiger charge is 2.34. The zero-order chi connectivity index (χ0) is 13.5. The standard InChI is InChI=1S/C12H23N3O3/c1-3-9(7-13)12(17)15-5-6-18-8-10(15)11(16)14-4-2/h9-10H,3-8,13H2,1-2H3,(H,14,16). The number of rotatable bonds is 5. The number of carbonyl (C=O) groups excluding carboxylic acids is 2. The Bertz CT molecular complexity index is 292. The largest absolute Gasteiger partial charge is 0.377 e. The number of ether oxygens (including phenoxy) is 1. The molecule has 0 aromatic heterocycles. The van der Waals surface area contributed by atoms with Gasteiger partial charge in [-0.25, -0.2) is 0 Å². The highest BCUT2D eigenvalue weighted by molar-refractivity contribution is 5.88. The lowest BCUT2D eigenvalue weighted by Crippen LogP contribution is -2.57. The van der Waals surface area contributed by atoms with Crippen LogP contribution in [0.4, 0.5) is 0 Å². The van der Waals surface area contributed by atoms with Crippen LogP contribution >= 0.6 is 0 Å². The van der Waals surface area contributed by atoms with Gasteiger partial charge in [0.05, 0.1) is 19.1 Å². The molecule has 1 fully saturated rings. The summed E-state index contributed by atoms with van der Waals surface area (Å²) >= 11 is 0. The lowest BCUT2D eigenvalue weighted by molar-refractivity contribution is -0.151. The maximum absolute atomic E-state index is 12.3. The van der Waals surface area contributed by atoms with Gasteiger partial charge in [-0.15, -0.1) is 0 Å². The van der Waals surface area contributed by atoms with Crippen molar-refractivity contribution in [2.45, 2.75) is 26.3 Å². The Labute approximate surface area is 108 Å². The molecule has 1 saturated heterocycles. The summed E-state index contributed by atoms with van der Waals surface area (Å²) in [5.41, 5.74) is 5.59. The summed E-state index contributed by atoms with van der Waals surface area (Å²) in [6.07, 6.45) is 0.689. The topological polar surface area (TPSA) is 84.7 Å². The van der Waals surface area contributed by atoms with Crippen LogP contribution in [-0.2, 0) is 14.3 Å². The molecule has 0 aromatic carbocycles. The van der Waals surface area contributed by atoms with Crippen molar-refractivity contribution in [2.24, 2.45) is 11.7 Å². The Balaban J connectivity index is 2.75. The van der Waals surface area contributed by atoms with E-state index < -0.39 is 6.04 Å². The monoisotopic (exact) mass is 257 g/mol. The number of hydrogen-bond donors (Lipinski definition) is 2. The van der Waals surface area contributed by atoms with Crippen LogP contribution in [0.5, 0.6) is 0 Å². The molecule has 1 aliphatic heterocycles. The summed E-state index contributed by atoms with van der Waals surface area (Å²) in [5.74, 6) is -0.406. The van der Waals surface area contributed by atoms with Crippen molar-refractivity contribution in [3.8, 4) is 0 Å². The van der Waals surface area contributed by atoms with Crippen molar-refractivity contribution >= 4 is 11.8 Å². The summed E-state index contributed by atoms with van der Waals surface area (Å²) in [6, 6.07) is -0.521. The van der Waals surface area contributed by atoms with Gasteiger partial charge in [-0.3, -0.25) is 9.59 Å². The van der Waals surface area contributed by atoms with Crippen LogP contribution < -0.4 is 11.1 Å². The molecule has 1 aliphatic rings. The zero-order valence-electron chi connectivity index (χ0n) is 11.1. The molecule has 2 amide bonds. The highest BCUT2D eigenvalue weighted by Crippen LogP contribution is 2.13. The Morgan fingerprint density at radius 1 is 1.50 bits per heavy atom. The van der Waals surface area contributed by atoms with E-state index in [1.165, 1.54) is 0 Å². The normalized spacial score (nSPS) is 21.5. The fourth-order valence-electron chi connectivity index (χ4n) is 2.05. The van der Waals surface area contributed by atoms with Crippen molar-refractivity contribution in [2.75, 3.05) is 32.8 Å². The lowest BCUT2D eigenvalue weighted by atomic mass is 10.0. The van der Waals surface area contributed by atoms with E-state index in [2.05, 4.69) is 5.32 Å². The van der Waals surface area contributed by atoms with E-state index in [0.29, 0.717) is 32.7 Å². The second kappa shape index (κ2) is 7.33. The number of morpholine rings is 1. The average Bonchev–Trinajstić information content (AvgIpc) is 2.40. The van der Waals surface area contributed by atoms with Crippen LogP contribution in [0.3, 0.4) is 0 Å². The molecular formula is C12H23N3O3. The second-order valence-electron chi connectivity index (χ2n) is 4.36. The third-order valence-electron chi connectivity index (χ3n) is 3.19. The van der Waals surface area contributed by atoms with Gasteiger partial charge in [0.1, 0.15) is 6.04 Å². The summed E-state index contributed by atoms with van der Waals surface area (Å²) in [5, 5.41) is 2.73. The third-order valence-corrected chi connectivity index (χ3v) is 3.19. The van der Waals surface area contributed by atoms with E-state index in [1.807, 2.05) is 13.8 Å². The average molecular weight is 257 g/mol. The predicted molar refractivity (Wildman–Crippen MR) is 67.8 cm³/mol. The molecule has 0 aromatic rings. The second-order valence-corrected chi connectivity index (χ2v) is 4.36. The SMILES string of the molecule is CCNC(=O)C1COCCN1C(=O)C(CC)CN. The van der Waals surface area contributed by atoms with Crippen molar-refractivity contribution in [1.82, 2.24) is 10.2 Å². The number of carbonyl (C=O) groups is 2. The van der Waals surface area contributed by atoms with Crippen LogP contribution in [0.2, 0.25) is 0 Å². The minimum Gasteiger partial charge on any atom is -0.377 e. The van der Waals surface area contributed by atoms with Crippen LogP contribution in [0.25, 0.3) is 0 Å². The number of nitrogens with one attached hydrogen (secondary N) is 1. The van der Waals surface area contributed by atoms with Crippen molar-refractivity contribution in [3.05, 3.63) is 0 Å². The zero-order valence-corrected chi connectivity index (χ0v) is 11.1. The number of hydrogen-bond acceptors (Lipinski definition) is 4. The molecule has 0 saturated carbocycles. The minimum absolute atomic E-state index is 0.0421. The molecule has 6 nitrogen and oxygen atoms in total. The maximum Gasteiger partial charge on any atom is 0.245 e. The Morgan fingerprint density at radius 2 is 2.22 bits per heavy atom. The third kappa shape index (κ3) is 3.43. The van der Waals surface area contributed by atoms with Crippen LogP contribution in [0, 0.1) is 5.92 Å². The van der Waals surface area contributed by atoms with Gasteiger partial charge in [0, 0.05) is 19.6 Å². The van der Waals surface area contributed by atoms with Gasteiger partial charge >= 0.3 is 0 Å². The van der Waals surface area contributed by atoms with Gasteiger partial charge in [-0.2, -0.15) is 0 Å². The number of amides is 2. The molecule has 104 valence electrons. The molecular weight excluding hydrogens is 234 g/mol. The highest BCUT2D eigenvalue weighted by atomic mass is 16.5. The first-order chi connectivity index (χ1) is 8.65. The molecule has 6 heteroatoms. The molecule has 1 rings (SSSR count). The van der Waals surface area contributed by atoms with E-state index in [4.69, 9.17) is 10.5 Å². The molecule has 2 unspecified atom stereocenters. The molecule has 0 aliphatic carbocycles. The quantitative estimate of drug-likeness (QED) is 0.684. The van der Waals surface area contributed by atoms with Gasteiger partial charge in [0.25, 0.3) is 0 Å². The molecule has 0 radical (unpaired) electrons. The molecule has 3 N–H and O–H groups in total. The first-order valence-corrected chi connectivity index (χ1v) is 6.51. The smallest absolute Gasteiger partial charge is 0.245 e. The van der Waals surface area contributed by atoms with Gasteiger partial charge in [0.15, 0.2) is 0 Å². The van der Waals surface area contributed by atoms with Crippen LogP contribution in [-0.4, -0.2) is 55.6 Å². The van der Waals surface area contributed by atoms with Crippen molar-refractivity contribution < 1.29 is 14.3 Å². The van der Waals surface area contributed by atoms with Gasteiger partial charge in [-0.05, 0) is 13.3 Å². The van der Waals surface area contributed by atoms with E-state index in [9.17, 15) is 9.59 Å². The van der Waals surface area contributed by atoms with Gasteiger partial charge < -0.3 is 20.7 Å². The van der Waals surface area contributed by atoms with Crippen LogP contribution in [0.1, 0.15) is 20.3 Å². The molecule has 2 atom stereocenters. The first-order valence-electron chi connectivity index (χ1n) is 6.51. The fourth-order valence-corrected chi connectivity index (χ4v) is 2.05. The van der Waals surface area contributed by atoms with Crippen molar-refractivity contribution in [3.63, 3.8) is 0 Å². The van der Waals surface area contributed by atoms with E-state index in [0.717, 1.165) is 0 Å². The predicted octanol–water partition coefficient (Wildman–Crippen LogP) is -0.665. The maximum atomic E-state index is 12.3. The number of likely N-dealkylation sites (N-methyl/N-ethyl adjacent to an activating group) is 1. The first kappa shape index (κ1) is 14.9. The molecule has 18 heavy (non-hydrogen) atoms. The summed E-state index contributed by atoms with van der Waals surface area (Å²) in [4.78, 5) is 25.8. The molecule has 0 bridgehead atoms. The van der Waals surface area contributed by atoms with Gasteiger partial charge in [0.2, 0.25) is 11.8 Å². The Kier molecular flexibility index (Phi) is 6.07. The summed E-state index contributed by atoms with van der Waals surface area (Å²) in [6.45, 7) is 5.83. The lowest BCUT2D eigenvalue weighted by Gasteiger charge is -2.36. The van der Waals surface area contributed by atoms with Crippen molar-refractivity contribution in [1.29, 1.82) is 0 Å². The summed E-state index contributed by atoms with van der Waals surface area (Å²) in [7, 11) is 0. The van der Waals surface area contributed by atoms with Gasteiger partial charge in [-0.1, -0.05) is 6.92 Å². The number of nitrogens with two attached hydrogens (primary N) is 1. The van der Waals surface area contributed by atoms with E-state index in [-0.39, 0.29) is 24.3 Å². The Hall–Kier alpha value is -1.14. The Morgan fingerprint density at radius 3 is 2.78 bits per heavy atom. The minimum atomic E-state index is -0.521. The summed E-state index contributed by atoms with van der Waals surface area (Å²) < 4.78 is 5.29. The molecule has 0 spiro atoms. The van der Waals surface area contributed by atoms with Crippen LogP contribution in [0.15, 0.2) is 0 Å². The van der Waals surface area contributed by atoms with E-state index >= 15 is 0 Å².